The first-order valence-electron chi connectivity index (χ1n) is 2.70. The molecule has 0 aliphatic carbocycles. The maximum Gasteiger partial charge on any atom is 0.247 e. The van der Waals surface area contributed by atoms with E-state index < -0.39 is 11.3 Å². The molecule has 3 nitrogen and oxygen atoms in total. The highest BCUT2D eigenvalue weighted by Gasteiger charge is 2.39. The lowest BCUT2D eigenvalue weighted by molar-refractivity contribution is 0.451. The predicted molar refractivity (Wildman–Crippen MR) is 55.4 cm³/mol. The summed E-state index contributed by atoms with van der Waals surface area (Å²) in [6.45, 7) is 0. The Kier molecular flexibility index (Phi) is 3.08. The zero-order chi connectivity index (χ0) is 9.41. The van der Waals surface area contributed by atoms with Crippen LogP contribution in [0.25, 0.3) is 0 Å². The van der Waals surface area contributed by atoms with Crippen molar-refractivity contribution in [2.24, 2.45) is 0 Å². The third-order valence-electron chi connectivity index (χ3n) is 1.06. The summed E-state index contributed by atoms with van der Waals surface area (Å²) in [6.07, 6.45) is 1.30. The summed E-state index contributed by atoms with van der Waals surface area (Å²) in [6, 6.07) is 2.87. The lowest BCUT2D eigenvalue weighted by Gasteiger charge is -2.09. The standard InChI is InChI=1S/C5H3Br3O3S/c6-5(7,8)12(9,10)4-2-1-3-11-4/h1-3H. The number of hydrogen-bond acceptors (Lipinski definition) is 3. The zero-order valence-corrected chi connectivity index (χ0v) is 11.1. The third kappa shape index (κ3) is 1.94. The highest BCUT2D eigenvalue weighted by molar-refractivity contribution is 9.42. The largest absolute Gasteiger partial charge is 0.453 e. The Bertz CT molecular complexity index is 348. The van der Waals surface area contributed by atoms with Gasteiger partial charge in [-0.2, -0.15) is 0 Å². The molecule has 0 radical (unpaired) electrons. The Morgan fingerprint density at radius 1 is 1.33 bits per heavy atom. The first kappa shape index (κ1) is 10.7. The van der Waals surface area contributed by atoms with Gasteiger partial charge in [0.25, 0.3) is 0 Å². The summed E-state index contributed by atoms with van der Waals surface area (Å²) < 4.78 is 26.3. The Morgan fingerprint density at radius 3 is 2.25 bits per heavy atom. The minimum absolute atomic E-state index is 0.104. The van der Waals surface area contributed by atoms with Crippen molar-refractivity contribution in [2.75, 3.05) is 0 Å². The quantitative estimate of drug-likeness (QED) is 0.702. The van der Waals surface area contributed by atoms with E-state index in [1.807, 2.05) is 0 Å². The summed E-state index contributed by atoms with van der Waals surface area (Å²) in [5, 5.41) is -0.104. The molecule has 0 spiro atoms. The van der Waals surface area contributed by atoms with Gasteiger partial charge in [-0.1, -0.05) is 0 Å². The molecule has 1 rings (SSSR count). The van der Waals surface area contributed by atoms with E-state index >= 15 is 0 Å². The molecule has 0 N–H and O–H groups in total. The normalized spacial score (nSPS) is 13.2. The second kappa shape index (κ2) is 3.43. The fourth-order valence-electron chi connectivity index (χ4n) is 0.530. The van der Waals surface area contributed by atoms with Crippen molar-refractivity contribution < 1.29 is 12.8 Å². The molecule has 0 fully saturated rings. The molecule has 0 atom stereocenters. The molecule has 0 aliphatic heterocycles. The van der Waals surface area contributed by atoms with E-state index in [0.717, 1.165) is 0 Å². The molecule has 0 bridgehead atoms. The van der Waals surface area contributed by atoms with Gasteiger partial charge in [0.15, 0.2) is 0 Å². The van der Waals surface area contributed by atoms with Crippen molar-refractivity contribution in [2.45, 2.75) is 6.57 Å². The van der Waals surface area contributed by atoms with E-state index in [1.165, 1.54) is 18.4 Å². The van der Waals surface area contributed by atoms with Gasteiger partial charge in [0.1, 0.15) is 0 Å². The third-order valence-corrected chi connectivity index (χ3v) is 6.27. The van der Waals surface area contributed by atoms with Crippen LogP contribution in [-0.2, 0) is 9.84 Å². The van der Waals surface area contributed by atoms with Gasteiger partial charge in [-0.3, -0.25) is 0 Å². The molecule has 68 valence electrons. The maximum atomic E-state index is 11.5. The highest BCUT2D eigenvalue weighted by Crippen LogP contribution is 2.43. The van der Waals surface area contributed by atoms with Crippen molar-refractivity contribution >= 4 is 57.6 Å². The molecule has 1 heterocycles. The molecular weight excluding hydrogens is 380 g/mol. The van der Waals surface area contributed by atoms with Crippen molar-refractivity contribution in [1.29, 1.82) is 0 Å². The van der Waals surface area contributed by atoms with Gasteiger partial charge in [0.05, 0.1) is 6.26 Å². The summed E-state index contributed by atoms with van der Waals surface area (Å²) in [5.41, 5.74) is 0. The van der Waals surface area contributed by atoms with Crippen LogP contribution in [-0.4, -0.2) is 9.89 Å². The Balaban J connectivity index is 3.22. The maximum absolute atomic E-state index is 11.5. The van der Waals surface area contributed by atoms with Gasteiger partial charge < -0.3 is 4.42 Å². The molecule has 0 unspecified atom stereocenters. The Hall–Kier alpha value is 0.670. The average molecular weight is 383 g/mol. The Labute approximate surface area is 94.8 Å². The van der Waals surface area contributed by atoms with Crippen molar-refractivity contribution in [3.8, 4) is 0 Å². The van der Waals surface area contributed by atoms with Crippen LogP contribution in [0.5, 0.6) is 0 Å². The van der Waals surface area contributed by atoms with E-state index in [-0.39, 0.29) is 5.09 Å². The minimum atomic E-state index is -3.55. The first-order chi connectivity index (χ1) is 5.36. The van der Waals surface area contributed by atoms with Crippen molar-refractivity contribution in [1.82, 2.24) is 0 Å². The molecular formula is C5H3Br3O3S. The van der Waals surface area contributed by atoms with E-state index in [1.54, 1.807) is 0 Å². The van der Waals surface area contributed by atoms with Crippen LogP contribution in [0, 0.1) is 0 Å². The number of rotatable bonds is 1. The van der Waals surface area contributed by atoms with Crippen molar-refractivity contribution in [3.05, 3.63) is 18.4 Å². The summed E-state index contributed by atoms with van der Waals surface area (Å²) in [7, 11) is -3.55. The van der Waals surface area contributed by atoms with Crippen LogP contribution in [0.2, 0.25) is 0 Å². The van der Waals surface area contributed by atoms with Crippen LogP contribution >= 0.6 is 47.8 Å². The number of sulfone groups is 1. The number of alkyl halides is 3. The molecule has 0 amide bonds. The monoisotopic (exact) mass is 380 g/mol. The highest BCUT2D eigenvalue weighted by atomic mass is 80.0. The van der Waals surface area contributed by atoms with Gasteiger partial charge in [-0.25, -0.2) is 8.42 Å². The zero-order valence-electron chi connectivity index (χ0n) is 5.50. The molecule has 0 saturated carbocycles. The van der Waals surface area contributed by atoms with Gasteiger partial charge in [0, 0.05) is 0 Å². The lowest BCUT2D eigenvalue weighted by atomic mass is 10.7. The molecule has 7 heteroatoms. The SMILES string of the molecule is O=S(=O)(c1ccco1)C(Br)(Br)Br. The molecule has 0 aromatic carbocycles. The second-order valence-corrected chi connectivity index (χ2v) is 12.2. The molecule has 0 saturated heterocycles. The van der Waals surface area contributed by atoms with Crippen LogP contribution in [0.3, 0.4) is 0 Å². The van der Waals surface area contributed by atoms with Crippen LogP contribution < -0.4 is 0 Å². The van der Waals surface area contributed by atoms with Crippen molar-refractivity contribution in [3.63, 3.8) is 0 Å². The number of halogens is 3. The molecule has 0 aliphatic rings. The predicted octanol–water partition coefficient (Wildman–Crippen LogP) is 2.85. The summed E-state index contributed by atoms with van der Waals surface area (Å²) in [5.74, 6) is 0. The smallest absolute Gasteiger partial charge is 0.247 e. The van der Waals surface area contributed by atoms with E-state index in [2.05, 4.69) is 47.8 Å². The van der Waals surface area contributed by atoms with Gasteiger partial charge in [0.2, 0.25) is 16.4 Å². The Morgan fingerprint density at radius 2 is 1.92 bits per heavy atom. The van der Waals surface area contributed by atoms with E-state index in [9.17, 15) is 8.42 Å². The van der Waals surface area contributed by atoms with E-state index in [4.69, 9.17) is 4.42 Å². The molecule has 1 aromatic heterocycles. The molecule has 12 heavy (non-hydrogen) atoms. The van der Waals surface area contributed by atoms with Gasteiger partial charge in [-0.15, -0.1) is 0 Å². The van der Waals surface area contributed by atoms with Gasteiger partial charge >= 0.3 is 0 Å². The average Bonchev–Trinajstić information content (AvgIpc) is 2.34. The fraction of sp³-hybridized carbons (Fsp3) is 0.200. The van der Waals surface area contributed by atoms with E-state index in [0.29, 0.717) is 0 Å². The van der Waals surface area contributed by atoms with Crippen LogP contribution in [0.15, 0.2) is 27.9 Å². The minimum Gasteiger partial charge on any atom is -0.453 e. The topological polar surface area (TPSA) is 47.3 Å². The lowest BCUT2D eigenvalue weighted by Crippen LogP contribution is -2.16. The summed E-state index contributed by atoms with van der Waals surface area (Å²) >= 11 is 8.72. The number of hydrogen-bond donors (Lipinski definition) is 0. The van der Waals surface area contributed by atoms with Gasteiger partial charge in [-0.05, 0) is 59.9 Å². The fourth-order valence-corrected chi connectivity index (χ4v) is 2.63. The number of furan rings is 1. The van der Waals surface area contributed by atoms with Crippen LogP contribution in [0.1, 0.15) is 0 Å². The second-order valence-electron chi connectivity index (χ2n) is 1.88. The van der Waals surface area contributed by atoms with Crippen LogP contribution in [0.4, 0.5) is 0 Å². The molecule has 1 aromatic rings. The first-order valence-corrected chi connectivity index (χ1v) is 6.57. The summed E-state index contributed by atoms with van der Waals surface area (Å²) in [4.78, 5) is 0.